The molecule has 2 aromatic carbocycles. The summed E-state index contributed by atoms with van der Waals surface area (Å²) in [5.41, 5.74) is 3.18. The van der Waals surface area contributed by atoms with Gasteiger partial charge in [0, 0.05) is 12.1 Å². The number of carbonyl (C=O) groups is 1. The third-order valence-corrected chi connectivity index (χ3v) is 4.17. The third-order valence-electron chi connectivity index (χ3n) is 4.17. The summed E-state index contributed by atoms with van der Waals surface area (Å²) < 4.78 is 10.4. The molecule has 1 saturated heterocycles. The van der Waals surface area contributed by atoms with Gasteiger partial charge in [0.15, 0.2) is 0 Å². The van der Waals surface area contributed by atoms with Crippen molar-refractivity contribution in [3.63, 3.8) is 0 Å². The zero-order valence-corrected chi connectivity index (χ0v) is 14.0. The summed E-state index contributed by atoms with van der Waals surface area (Å²) >= 11 is 0. The molecule has 1 aliphatic rings. The molecule has 0 unspecified atom stereocenters. The molecule has 0 radical (unpaired) electrons. The maximum Gasteiger partial charge on any atom is 0.227 e. The molecule has 0 spiro atoms. The maximum absolute atomic E-state index is 12.3. The molecule has 24 heavy (non-hydrogen) atoms. The van der Waals surface area contributed by atoms with Gasteiger partial charge in [0.1, 0.15) is 11.5 Å². The molecule has 1 heterocycles. The molecule has 4 heteroatoms. The van der Waals surface area contributed by atoms with Crippen LogP contribution < -0.4 is 9.47 Å². The number of amides is 1. The van der Waals surface area contributed by atoms with Crippen molar-refractivity contribution in [3.8, 4) is 11.5 Å². The molecule has 124 valence electrons. The highest BCUT2D eigenvalue weighted by molar-refractivity contribution is 5.83. The van der Waals surface area contributed by atoms with Crippen molar-refractivity contribution in [2.45, 2.75) is 19.4 Å². The van der Waals surface area contributed by atoms with Crippen LogP contribution in [-0.2, 0) is 11.3 Å². The summed E-state index contributed by atoms with van der Waals surface area (Å²) in [6, 6.07) is 15.7. The number of hydrogen-bond donors (Lipinski definition) is 0. The molecule has 0 aromatic heterocycles. The lowest BCUT2D eigenvalue weighted by atomic mass is 10.1. The number of ether oxygens (including phenoxy) is 2. The minimum atomic E-state index is 0.164. The molecule has 0 aliphatic carbocycles. The fourth-order valence-corrected chi connectivity index (χ4v) is 2.85. The fourth-order valence-electron chi connectivity index (χ4n) is 2.85. The van der Waals surface area contributed by atoms with Crippen LogP contribution >= 0.6 is 0 Å². The van der Waals surface area contributed by atoms with Gasteiger partial charge in [-0.05, 0) is 47.9 Å². The summed E-state index contributed by atoms with van der Waals surface area (Å²) in [5.74, 6) is 1.80. The maximum atomic E-state index is 12.3. The summed E-state index contributed by atoms with van der Waals surface area (Å²) in [4.78, 5) is 14.1. The Morgan fingerprint density at radius 2 is 1.75 bits per heavy atom. The van der Waals surface area contributed by atoms with Crippen LogP contribution in [0.15, 0.2) is 54.2 Å². The van der Waals surface area contributed by atoms with Crippen LogP contribution in [0.1, 0.15) is 24.0 Å². The molecular formula is C20H21NO3. The first-order valence-electron chi connectivity index (χ1n) is 7.97. The van der Waals surface area contributed by atoms with Crippen molar-refractivity contribution in [1.29, 1.82) is 0 Å². The average molecular weight is 323 g/mol. The van der Waals surface area contributed by atoms with Gasteiger partial charge in [-0.1, -0.05) is 24.3 Å². The first-order chi connectivity index (χ1) is 11.7. The summed E-state index contributed by atoms with van der Waals surface area (Å²) in [7, 11) is 3.30. The van der Waals surface area contributed by atoms with Crippen LogP contribution in [0.25, 0.3) is 6.08 Å². The van der Waals surface area contributed by atoms with Crippen molar-refractivity contribution in [2.75, 3.05) is 14.2 Å². The van der Waals surface area contributed by atoms with E-state index in [2.05, 4.69) is 6.08 Å². The molecular weight excluding hydrogens is 302 g/mol. The smallest absolute Gasteiger partial charge is 0.227 e. The Kier molecular flexibility index (Phi) is 4.85. The van der Waals surface area contributed by atoms with E-state index >= 15 is 0 Å². The number of nitrogens with zero attached hydrogens (tertiary/aromatic N) is 1. The lowest BCUT2D eigenvalue weighted by Crippen LogP contribution is -2.22. The quantitative estimate of drug-likeness (QED) is 0.838. The van der Waals surface area contributed by atoms with Gasteiger partial charge in [-0.25, -0.2) is 0 Å². The van der Waals surface area contributed by atoms with Gasteiger partial charge in [-0.2, -0.15) is 0 Å². The van der Waals surface area contributed by atoms with Crippen molar-refractivity contribution in [3.05, 3.63) is 65.4 Å². The Morgan fingerprint density at radius 1 is 1.00 bits per heavy atom. The van der Waals surface area contributed by atoms with E-state index in [1.54, 1.807) is 14.2 Å². The highest BCUT2D eigenvalue weighted by Gasteiger charge is 2.25. The molecule has 3 rings (SSSR count). The normalized spacial score (nSPS) is 15.8. The minimum Gasteiger partial charge on any atom is -0.497 e. The highest BCUT2D eigenvalue weighted by atomic mass is 16.5. The summed E-state index contributed by atoms with van der Waals surface area (Å²) in [6.07, 6.45) is 3.41. The average Bonchev–Trinajstić information content (AvgIpc) is 2.96. The predicted octanol–water partition coefficient (Wildman–Crippen LogP) is 3.87. The molecule has 0 atom stereocenters. The minimum absolute atomic E-state index is 0.164. The third kappa shape index (κ3) is 3.59. The second-order valence-corrected chi connectivity index (χ2v) is 5.74. The molecule has 1 fully saturated rings. The number of likely N-dealkylation sites (tertiary alicyclic amines) is 1. The summed E-state index contributed by atoms with van der Waals surface area (Å²) in [6.45, 7) is 0.567. The van der Waals surface area contributed by atoms with Crippen molar-refractivity contribution in [1.82, 2.24) is 4.90 Å². The van der Waals surface area contributed by atoms with Gasteiger partial charge < -0.3 is 14.4 Å². The first-order valence-corrected chi connectivity index (χ1v) is 7.97. The molecule has 0 N–H and O–H groups in total. The van der Waals surface area contributed by atoms with E-state index < -0.39 is 0 Å². The first kappa shape index (κ1) is 16.1. The Labute approximate surface area is 142 Å². The highest BCUT2D eigenvalue weighted by Crippen LogP contribution is 2.28. The van der Waals surface area contributed by atoms with E-state index in [-0.39, 0.29) is 5.91 Å². The number of allylic oxidation sites excluding steroid dienone is 1. The number of rotatable bonds is 5. The van der Waals surface area contributed by atoms with Gasteiger partial charge in [-0.3, -0.25) is 4.79 Å². The SMILES string of the molecule is COc1ccc(/C=C2/CCC(=O)N2Cc2cccc(OC)c2)cc1. The lowest BCUT2D eigenvalue weighted by Gasteiger charge is -2.19. The number of hydrogen-bond acceptors (Lipinski definition) is 3. The Bertz CT molecular complexity index is 750. The fraction of sp³-hybridized carbons (Fsp3) is 0.250. The van der Waals surface area contributed by atoms with E-state index in [1.807, 2.05) is 53.4 Å². The molecule has 0 bridgehead atoms. The van der Waals surface area contributed by atoms with Gasteiger partial charge in [0.2, 0.25) is 5.91 Å². The Morgan fingerprint density at radius 3 is 2.46 bits per heavy atom. The molecule has 1 amide bonds. The van der Waals surface area contributed by atoms with Crippen molar-refractivity contribution in [2.24, 2.45) is 0 Å². The second kappa shape index (κ2) is 7.21. The number of benzene rings is 2. The van der Waals surface area contributed by atoms with E-state index in [0.717, 1.165) is 34.7 Å². The lowest BCUT2D eigenvalue weighted by molar-refractivity contribution is -0.127. The molecule has 2 aromatic rings. The largest absolute Gasteiger partial charge is 0.497 e. The van der Waals surface area contributed by atoms with E-state index in [0.29, 0.717) is 13.0 Å². The van der Waals surface area contributed by atoms with Crippen LogP contribution in [0.3, 0.4) is 0 Å². The predicted molar refractivity (Wildman–Crippen MR) is 93.7 cm³/mol. The number of methoxy groups -OCH3 is 2. The molecule has 1 aliphatic heterocycles. The summed E-state index contributed by atoms with van der Waals surface area (Å²) in [5, 5.41) is 0. The Balaban J connectivity index is 1.81. The Hall–Kier alpha value is -2.75. The van der Waals surface area contributed by atoms with Crippen LogP contribution in [0.2, 0.25) is 0 Å². The monoisotopic (exact) mass is 323 g/mol. The zero-order chi connectivity index (χ0) is 16.9. The van der Waals surface area contributed by atoms with Crippen molar-refractivity contribution >= 4 is 12.0 Å². The van der Waals surface area contributed by atoms with Crippen LogP contribution in [-0.4, -0.2) is 25.0 Å². The topological polar surface area (TPSA) is 38.8 Å². The molecule has 4 nitrogen and oxygen atoms in total. The standard InChI is InChI=1S/C20H21NO3/c1-23-18-9-6-15(7-10-18)12-17-8-11-20(22)21(17)14-16-4-3-5-19(13-16)24-2/h3-7,9-10,12-13H,8,11,14H2,1-2H3/b17-12-. The van der Waals surface area contributed by atoms with Gasteiger partial charge in [0.05, 0.1) is 20.8 Å². The van der Waals surface area contributed by atoms with E-state index in [9.17, 15) is 4.79 Å². The van der Waals surface area contributed by atoms with Gasteiger partial charge in [0.25, 0.3) is 0 Å². The van der Waals surface area contributed by atoms with Gasteiger partial charge >= 0.3 is 0 Å². The van der Waals surface area contributed by atoms with Crippen molar-refractivity contribution < 1.29 is 14.3 Å². The van der Waals surface area contributed by atoms with E-state index in [1.165, 1.54) is 0 Å². The van der Waals surface area contributed by atoms with Gasteiger partial charge in [-0.15, -0.1) is 0 Å². The molecule has 0 saturated carbocycles. The van der Waals surface area contributed by atoms with E-state index in [4.69, 9.17) is 9.47 Å². The zero-order valence-electron chi connectivity index (χ0n) is 14.0. The van der Waals surface area contributed by atoms with Crippen LogP contribution in [0.4, 0.5) is 0 Å². The van der Waals surface area contributed by atoms with Crippen LogP contribution in [0, 0.1) is 0 Å². The van der Waals surface area contributed by atoms with Crippen LogP contribution in [0.5, 0.6) is 11.5 Å². The number of carbonyl (C=O) groups excluding carboxylic acids is 1. The second-order valence-electron chi connectivity index (χ2n) is 5.74.